The SMILES string of the molecule is CCC(C)(C)N(C)CCNCCN(C)C. The lowest BCUT2D eigenvalue weighted by molar-refractivity contribution is 0.152. The first-order valence-electron chi connectivity index (χ1n) is 5.97. The Morgan fingerprint density at radius 2 is 1.53 bits per heavy atom. The van der Waals surface area contributed by atoms with Gasteiger partial charge in [0.15, 0.2) is 0 Å². The molecule has 0 aliphatic carbocycles. The molecule has 1 N–H and O–H groups in total. The highest BCUT2D eigenvalue weighted by atomic mass is 15.2. The van der Waals surface area contributed by atoms with E-state index in [1.54, 1.807) is 0 Å². The van der Waals surface area contributed by atoms with Gasteiger partial charge in [-0.3, -0.25) is 4.90 Å². The molecule has 0 aromatic carbocycles. The van der Waals surface area contributed by atoms with Crippen molar-refractivity contribution in [3.63, 3.8) is 0 Å². The Morgan fingerprint density at radius 1 is 1.00 bits per heavy atom. The quantitative estimate of drug-likeness (QED) is 0.615. The molecule has 0 aromatic heterocycles. The zero-order valence-corrected chi connectivity index (χ0v) is 11.4. The Kier molecular flexibility index (Phi) is 7.14. The van der Waals surface area contributed by atoms with Crippen LogP contribution in [0, 0.1) is 0 Å². The van der Waals surface area contributed by atoms with E-state index < -0.39 is 0 Å². The third-order valence-corrected chi connectivity index (χ3v) is 3.26. The first kappa shape index (κ1) is 14.9. The van der Waals surface area contributed by atoms with Crippen molar-refractivity contribution in [1.29, 1.82) is 0 Å². The van der Waals surface area contributed by atoms with Crippen LogP contribution in [0.25, 0.3) is 0 Å². The first-order chi connectivity index (χ1) is 6.90. The van der Waals surface area contributed by atoms with Crippen molar-refractivity contribution in [2.75, 3.05) is 47.3 Å². The van der Waals surface area contributed by atoms with E-state index in [-0.39, 0.29) is 0 Å². The topological polar surface area (TPSA) is 18.5 Å². The van der Waals surface area contributed by atoms with Crippen LogP contribution in [0.15, 0.2) is 0 Å². The zero-order chi connectivity index (χ0) is 11.9. The van der Waals surface area contributed by atoms with E-state index in [9.17, 15) is 0 Å². The van der Waals surface area contributed by atoms with E-state index in [0.717, 1.165) is 26.2 Å². The average molecular weight is 215 g/mol. The maximum absolute atomic E-state index is 3.46. The van der Waals surface area contributed by atoms with Crippen molar-refractivity contribution in [3.8, 4) is 0 Å². The summed E-state index contributed by atoms with van der Waals surface area (Å²) in [7, 11) is 6.42. The molecule has 0 saturated heterocycles. The van der Waals surface area contributed by atoms with Crippen molar-refractivity contribution in [2.45, 2.75) is 32.7 Å². The first-order valence-corrected chi connectivity index (χ1v) is 5.97. The van der Waals surface area contributed by atoms with Gasteiger partial charge >= 0.3 is 0 Å². The molecule has 92 valence electrons. The monoisotopic (exact) mass is 215 g/mol. The third kappa shape index (κ3) is 6.88. The number of rotatable bonds is 8. The lowest BCUT2D eigenvalue weighted by Crippen LogP contribution is -2.44. The molecule has 0 radical (unpaired) electrons. The van der Waals surface area contributed by atoms with Gasteiger partial charge in [-0.05, 0) is 41.4 Å². The Balaban J connectivity index is 3.51. The van der Waals surface area contributed by atoms with Crippen LogP contribution in [-0.2, 0) is 0 Å². The van der Waals surface area contributed by atoms with Gasteiger partial charge in [0.25, 0.3) is 0 Å². The second-order valence-corrected chi connectivity index (χ2v) is 5.14. The zero-order valence-electron chi connectivity index (χ0n) is 11.4. The fourth-order valence-corrected chi connectivity index (χ4v) is 1.25. The minimum atomic E-state index is 0.323. The highest BCUT2D eigenvalue weighted by molar-refractivity contribution is 4.77. The molecule has 0 aliphatic heterocycles. The summed E-state index contributed by atoms with van der Waals surface area (Å²) in [5.41, 5.74) is 0.323. The molecule has 0 rings (SSSR count). The average Bonchev–Trinajstić information content (AvgIpc) is 2.16. The smallest absolute Gasteiger partial charge is 0.0148 e. The van der Waals surface area contributed by atoms with E-state index in [1.807, 2.05) is 0 Å². The van der Waals surface area contributed by atoms with Gasteiger partial charge < -0.3 is 10.2 Å². The summed E-state index contributed by atoms with van der Waals surface area (Å²) < 4.78 is 0. The summed E-state index contributed by atoms with van der Waals surface area (Å²) in [5, 5.41) is 3.46. The van der Waals surface area contributed by atoms with Crippen LogP contribution in [0.2, 0.25) is 0 Å². The number of hydrogen-bond acceptors (Lipinski definition) is 3. The molecular weight excluding hydrogens is 186 g/mol. The predicted molar refractivity (Wildman–Crippen MR) is 68.4 cm³/mol. The van der Waals surface area contributed by atoms with Crippen LogP contribution in [0.1, 0.15) is 27.2 Å². The fourth-order valence-electron chi connectivity index (χ4n) is 1.25. The molecular formula is C12H29N3. The summed E-state index contributed by atoms with van der Waals surface area (Å²) in [6.07, 6.45) is 1.20. The van der Waals surface area contributed by atoms with Gasteiger partial charge in [0.1, 0.15) is 0 Å². The predicted octanol–water partition coefficient (Wildman–Crippen LogP) is 1.26. The largest absolute Gasteiger partial charge is 0.314 e. The van der Waals surface area contributed by atoms with Crippen molar-refractivity contribution in [1.82, 2.24) is 15.1 Å². The lowest BCUT2D eigenvalue weighted by atomic mass is 10.0. The highest BCUT2D eigenvalue weighted by Crippen LogP contribution is 2.15. The number of nitrogens with zero attached hydrogens (tertiary/aromatic N) is 2. The normalized spacial score (nSPS) is 12.8. The van der Waals surface area contributed by atoms with Crippen LogP contribution in [0.4, 0.5) is 0 Å². The highest BCUT2D eigenvalue weighted by Gasteiger charge is 2.19. The minimum Gasteiger partial charge on any atom is -0.314 e. The Bertz CT molecular complexity index is 155. The molecule has 0 aliphatic rings. The molecule has 0 heterocycles. The maximum Gasteiger partial charge on any atom is 0.0148 e. The fraction of sp³-hybridized carbons (Fsp3) is 1.00. The summed E-state index contributed by atoms with van der Waals surface area (Å²) in [6.45, 7) is 11.2. The van der Waals surface area contributed by atoms with Crippen molar-refractivity contribution < 1.29 is 0 Å². The second-order valence-electron chi connectivity index (χ2n) is 5.14. The standard InChI is InChI=1S/C12H29N3/c1-7-12(2,3)15(6)11-9-13-8-10-14(4)5/h13H,7-11H2,1-6H3. The van der Waals surface area contributed by atoms with Crippen LogP contribution in [0.5, 0.6) is 0 Å². The van der Waals surface area contributed by atoms with E-state index in [1.165, 1.54) is 6.42 Å². The van der Waals surface area contributed by atoms with E-state index in [0.29, 0.717) is 5.54 Å². The molecule has 15 heavy (non-hydrogen) atoms. The summed E-state index contributed by atoms with van der Waals surface area (Å²) in [5.74, 6) is 0. The van der Waals surface area contributed by atoms with Crippen LogP contribution < -0.4 is 5.32 Å². The van der Waals surface area contributed by atoms with Gasteiger partial charge in [0, 0.05) is 31.7 Å². The number of likely N-dealkylation sites (N-methyl/N-ethyl adjacent to an activating group) is 2. The third-order valence-electron chi connectivity index (χ3n) is 3.26. The van der Waals surface area contributed by atoms with Gasteiger partial charge in [-0.15, -0.1) is 0 Å². The van der Waals surface area contributed by atoms with Gasteiger partial charge in [-0.1, -0.05) is 6.92 Å². The number of hydrogen-bond donors (Lipinski definition) is 1. The molecule has 0 atom stereocenters. The van der Waals surface area contributed by atoms with Gasteiger partial charge in [0.05, 0.1) is 0 Å². The molecule has 0 spiro atoms. The molecule has 0 amide bonds. The lowest BCUT2D eigenvalue weighted by Gasteiger charge is -2.34. The van der Waals surface area contributed by atoms with Crippen LogP contribution >= 0.6 is 0 Å². The summed E-state index contributed by atoms with van der Waals surface area (Å²) in [6, 6.07) is 0. The maximum atomic E-state index is 3.46. The van der Waals surface area contributed by atoms with Gasteiger partial charge in [-0.25, -0.2) is 0 Å². The minimum absolute atomic E-state index is 0.323. The second kappa shape index (κ2) is 7.20. The van der Waals surface area contributed by atoms with E-state index >= 15 is 0 Å². The van der Waals surface area contributed by atoms with Crippen molar-refractivity contribution in [3.05, 3.63) is 0 Å². The van der Waals surface area contributed by atoms with Crippen molar-refractivity contribution in [2.24, 2.45) is 0 Å². The van der Waals surface area contributed by atoms with Crippen LogP contribution in [0.3, 0.4) is 0 Å². The molecule has 0 bridgehead atoms. The van der Waals surface area contributed by atoms with E-state index in [4.69, 9.17) is 0 Å². The van der Waals surface area contributed by atoms with Crippen LogP contribution in [-0.4, -0.2) is 62.7 Å². The number of nitrogens with one attached hydrogen (secondary N) is 1. The Hall–Kier alpha value is -0.120. The van der Waals surface area contributed by atoms with Gasteiger partial charge in [0.2, 0.25) is 0 Å². The Labute approximate surface area is 95.8 Å². The molecule has 0 fully saturated rings. The molecule has 3 nitrogen and oxygen atoms in total. The summed E-state index contributed by atoms with van der Waals surface area (Å²) >= 11 is 0. The van der Waals surface area contributed by atoms with Crippen molar-refractivity contribution >= 4 is 0 Å². The molecule has 3 heteroatoms. The van der Waals surface area contributed by atoms with Gasteiger partial charge in [-0.2, -0.15) is 0 Å². The molecule has 0 aromatic rings. The molecule has 0 unspecified atom stereocenters. The Morgan fingerprint density at radius 3 is 2.00 bits per heavy atom. The molecule has 0 saturated carbocycles. The van der Waals surface area contributed by atoms with E-state index in [2.05, 4.69) is 57.0 Å². The summed E-state index contributed by atoms with van der Waals surface area (Å²) in [4.78, 5) is 4.63.